The van der Waals surface area contributed by atoms with Gasteiger partial charge in [0.25, 0.3) is 5.69 Å². The molecule has 4 heterocycles. The number of ether oxygens (including phenoxy) is 1. The largest absolute Gasteiger partial charge is 0.503 e. The minimum absolute atomic E-state index is 0.00426. The molecule has 8 aromatic carbocycles. The molecule has 76 heavy (non-hydrogen) atoms. The number of hydrogen-bond donors (Lipinski definition) is 0. The first kappa shape index (κ1) is 48.6. The van der Waals surface area contributed by atoms with Crippen molar-refractivity contribution >= 4 is 72.4 Å². The highest BCUT2D eigenvalue weighted by Gasteiger charge is 2.41. The summed E-state index contributed by atoms with van der Waals surface area (Å²) >= 11 is 0. The van der Waals surface area contributed by atoms with E-state index in [0.717, 1.165) is 73.3 Å². The predicted molar refractivity (Wildman–Crippen MR) is 320 cm³/mol. The molecule has 0 atom stereocenters. The fourth-order valence-corrected chi connectivity index (χ4v) is 11.0. The van der Waals surface area contributed by atoms with Crippen LogP contribution < -0.4 is 13.9 Å². The van der Waals surface area contributed by atoms with Crippen LogP contribution in [0.1, 0.15) is 105 Å². The van der Waals surface area contributed by atoms with Crippen LogP contribution in [0, 0.1) is 0 Å². The van der Waals surface area contributed by atoms with E-state index in [1.807, 2.05) is 12.3 Å². The van der Waals surface area contributed by atoms with Gasteiger partial charge in [-0.2, -0.15) is 0 Å². The van der Waals surface area contributed by atoms with Crippen LogP contribution in [0.2, 0.25) is 0 Å². The van der Waals surface area contributed by atoms with Crippen LogP contribution in [0.25, 0.3) is 66.2 Å². The van der Waals surface area contributed by atoms with E-state index < -0.39 is 0 Å². The smallest absolute Gasteiger partial charge is 0.457 e. The summed E-state index contributed by atoms with van der Waals surface area (Å²) in [6, 6.07) is 70.2. The zero-order valence-corrected chi connectivity index (χ0v) is 46.0. The van der Waals surface area contributed by atoms with E-state index in [-0.39, 0.29) is 21.7 Å². The number of fused-ring (bicyclic) bond motifs is 7. The molecule has 0 aliphatic carbocycles. The van der Waals surface area contributed by atoms with Crippen LogP contribution in [0.3, 0.4) is 0 Å². The Kier molecular flexibility index (Phi) is 11.3. The maximum absolute atomic E-state index is 6.93. The quantitative estimate of drug-likeness (QED) is 0.149. The number of pyridine rings is 1. The highest BCUT2D eigenvalue weighted by Crippen LogP contribution is 2.46. The van der Waals surface area contributed by atoms with Crippen LogP contribution in [0.4, 0.5) is 22.7 Å². The maximum Gasteiger partial charge on any atom is 0.503 e. The van der Waals surface area contributed by atoms with Gasteiger partial charge in [0, 0.05) is 63.8 Å². The summed E-state index contributed by atoms with van der Waals surface area (Å²) in [5.74, 6) is 2.36. The molecular formula is C70H67N5O+2. The first-order chi connectivity index (χ1) is 36.2. The van der Waals surface area contributed by atoms with E-state index in [9.17, 15) is 0 Å². The molecule has 0 radical (unpaired) electrons. The highest BCUT2D eigenvalue weighted by molar-refractivity contribution is 6.11. The van der Waals surface area contributed by atoms with E-state index in [4.69, 9.17) is 9.72 Å². The van der Waals surface area contributed by atoms with Crippen molar-refractivity contribution < 1.29 is 4.74 Å². The Hall–Kier alpha value is -8.31. The molecular weight excluding hydrogens is 927 g/mol. The van der Waals surface area contributed by atoms with E-state index in [1.165, 1.54) is 49.4 Å². The van der Waals surface area contributed by atoms with Crippen LogP contribution in [0.5, 0.6) is 11.5 Å². The fraction of sp³-hybridized carbons (Fsp3) is 0.229. The summed E-state index contributed by atoms with van der Waals surface area (Å²) in [5, 5.41) is 4.84. The van der Waals surface area contributed by atoms with Gasteiger partial charge in [-0.1, -0.05) is 156 Å². The summed E-state index contributed by atoms with van der Waals surface area (Å²) in [6.07, 6.45) is 1.94. The minimum Gasteiger partial charge on any atom is -0.457 e. The lowest BCUT2D eigenvalue weighted by molar-refractivity contribution is 0.483. The molecule has 0 unspecified atom stereocenters. The molecule has 0 fully saturated rings. The second-order valence-electron chi connectivity index (χ2n) is 24.9. The first-order valence-electron chi connectivity index (χ1n) is 26.8. The second-order valence-corrected chi connectivity index (χ2v) is 24.9. The van der Waals surface area contributed by atoms with Gasteiger partial charge in [0.05, 0.1) is 33.7 Å². The van der Waals surface area contributed by atoms with E-state index in [0.29, 0.717) is 0 Å². The first-order valence-corrected chi connectivity index (χ1v) is 26.8. The van der Waals surface area contributed by atoms with Gasteiger partial charge in [-0.3, -0.25) is 4.57 Å². The number of rotatable bonds is 7. The lowest BCUT2D eigenvalue weighted by atomic mass is 9.80. The van der Waals surface area contributed by atoms with Crippen LogP contribution in [0.15, 0.2) is 188 Å². The minimum atomic E-state index is -0.0835. The molecule has 0 N–H and O–H groups in total. The Morgan fingerprint density at radius 1 is 0.408 bits per heavy atom. The normalized spacial score (nSPS) is 13.2. The van der Waals surface area contributed by atoms with Crippen molar-refractivity contribution in [1.82, 2.24) is 23.3 Å². The van der Waals surface area contributed by atoms with Crippen LogP contribution in [-0.2, 0) is 21.7 Å². The Morgan fingerprint density at radius 2 is 1.01 bits per heavy atom. The summed E-state index contributed by atoms with van der Waals surface area (Å²) in [5.41, 5.74) is 16.8. The molecule has 1 aliphatic heterocycles. The topological polar surface area (TPSA) is 38.0 Å². The van der Waals surface area contributed by atoms with Crippen molar-refractivity contribution in [3.05, 3.63) is 210 Å². The molecule has 0 amide bonds. The Morgan fingerprint density at radius 3 is 1.70 bits per heavy atom. The second kappa shape index (κ2) is 17.7. The van der Waals surface area contributed by atoms with Gasteiger partial charge in [0.1, 0.15) is 17.3 Å². The van der Waals surface area contributed by atoms with Crippen LogP contribution >= 0.6 is 0 Å². The van der Waals surface area contributed by atoms with Gasteiger partial charge in [0.2, 0.25) is 11.4 Å². The average molecular weight is 994 g/mol. The lowest BCUT2D eigenvalue weighted by Crippen LogP contribution is -2.17. The molecule has 6 nitrogen and oxygen atoms in total. The molecule has 11 aromatic rings. The van der Waals surface area contributed by atoms with E-state index in [2.05, 4.69) is 283 Å². The van der Waals surface area contributed by atoms with Crippen molar-refractivity contribution in [2.45, 2.75) is 105 Å². The number of hydrogen-bond acceptors (Lipinski definition) is 2. The van der Waals surface area contributed by atoms with Crippen molar-refractivity contribution in [2.75, 3.05) is 0 Å². The summed E-state index contributed by atoms with van der Waals surface area (Å²) in [6.45, 7) is 27.4. The molecule has 6 heteroatoms. The zero-order chi connectivity index (χ0) is 53.1. The molecule has 0 spiro atoms. The van der Waals surface area contributed by atoms with Gasteiger partial charge >= 0.3 is 11.7 Å². The third-order valence-electron chi connectivity index (χ3n) is 15.3. The number of nitrogens with zero attached hydrogens (tertiary/aromatic N) is 5. The molecule has 12 rings (SSSR count). The van der Waals surface area contributed by atoms with Crippen molar-refractivity contribution in [3.8, 4) is 34.1 Å². The Bertz CT molecular complexity index is 4140. The lowest BCUT2D eigenvalue weighted by Gasteiger charge is -2.24. The van der Waals surface area contributed by atoms with Crippen LogP contribution in [-0.4, -0.2) is 20.1 Å². The number of aromatic nitrogens is 3. The Labute approximate surface area is 447 Å². The van der Waals surface area contributed by atoms with Gasteiger partial charge in [0.15, 0.2) is 0 Å². The van der Waals surface area contributed by atoms with Gasteiger partial charge in [-0.05, 0) is 131 Å². The summed E-state index contributed by atoms with van der Waals surface area (Å²) < 4.78 is 16.1. The molecule has 0 saturated heterocycles. The molecule has 3 aromatic heterocycles. The average Bonchev–Trinajstić information content (AvgIpc) is 4.07. The number of benzene rings is 8. The predicted octanol–water partition coefficient (Wildman–Crippen LogP) is 18.8. The summed E-state index contributed by atoms with van der Waals surface area (Å²) in [7, 11) is 0. The molecule has 376 valence electrons. The zero-order valence-electron chi connectivity index (χ0n) is 46.0. The van der Waals surface area contributed by atoms with Crippen molar-refractivity contribution in [2.24, 2.45) is 0 Å². The molecule has 0 bridgehead atoms. The highest BCUT2D eigenvalue weighted by atomic mass is 16.5. The van der Waals surface area contributed by atoms with Gasteiger partial charge in [-0.15, -0.1) is 0 Å². The fourth-order valence-electron chi connectivity index (χ4n) is 11.0. The van der Waals surface area contributed by atoms with Gasteiger partial charge in [-0.25, -0.2) is 4.98 Å². The maximum atomic E-state index is 6.93. The Balaban J connectivity index is 1.01. The molecule has 0 saturated carbocycles. The monoisotopic (exact) mass is 994 g/mol. The SMILES string of the molecule is CC(C)(C)c1cc([N+]2=C=[N+](c3cccc(Oc4ccc5c6cc(C(C)(C)C)ccc6n(-c6cc(C(C)(C)C)ccn6)c5c4)c3)c3cccc(-c4cccc(-n5c6ccccc6c6ccccc65)c4)c32)cc(C(C)(C)C)c1. The van der Waals surface area contributed by atoms with Crippen molar-refractivity contribution in [3.63, 3.8) is 0 Å². The number of para-hydroxylation sites is 3. The van der Waals surface area contributed by atoms with Crippen molar-refractivity contribution in [1.29, 1.82) is 0 Å². The third-order valence-corrected chi connectivity index (χ3v) is 15.3. The standard InChI is InChI=1S/C70H67N5O/c1-67(2,3)46-30-33-62-59(40-46)58-32-31-54(43-64(58)75(62)65-41-47(34-35-71-65)68(4,5)6)76-53-23-18-21-50(42-53)72-44-73(52-38-48(69(7,8)9)37-49(39-52)70(10,11)12)66-55(26-19-29-63(66)72)45-20-17-22-51(36-45)74-60-27-15-13-24-56(60)57-25-14-16-28-61(57)74/h13-43H,1-12H3/q+2. The molecule has 1 aliphatic rings. The van der Waals surface area contributed by atoms with E-state index in [1.54, 1.807) is 0 Å². The van der Waals surface area contributed by atoms with Gasteiger partial charge < -0.3 is 9.30 Å². The third kappa shape index (κ3) is 8.51. The summed E-state index contributed by atoms with van der Waals surface area (Å²) in [4.78, 5) is 4.98. The van der Waals surface area contributed by atoms with E-state index >= 15 is 0 Å².